The smallest absolute Gasteiger partial charge is 0.0237 e. The van der Waals surface area contributed by atoms with E-state index in [2.05, 4.69) is 42.7 Å². The van der Waals surface area contributed by atoms with Crippen LogP contribution in [-0.4, -0.2) is 48.6 Å². The van der Waals surface area contributed by atoms with Crippen molar-refractivity contribution in [2.24, 2.45) is 11.3 Å². The Labute approximate surface area is 117 Å². The predicted octanol–water partition coefficient (Wildman–Crippen LogP) is 2.84. The molecule has 106 valence electrons. The summed E-state index contributed by atoms with van der Waals surface area (Å²) < 4.78 is 0. The minimum absolute atomic E-state index is 0.528. The highest BCUT2D eigenvalue weighted by atomic mass is 32.2. The first-order valence-electron chi connectivity index (χ1n) is 7.66. The lowest BCUT2D eigenvalue weighted by molar-refractivity contribution is 0.0640. The molecule has 18 heavy (non-hydrogen) atoms. The zero-order valence-electron chi connectivity index (χ0n) is 12.4. The molecule has 2 heterocycles. The maximum absolute atomic E-state index is 3.51. The summed E-state index contributed by atoms with van der Waals surface area (Å²) in [4.78, 5) is 2.79. The van der Waals surface area contributed by atoms with Gasteiger partial charge in [-0.15, -0.1) is 0 Å². The van der Waals surface area contributed by atoms with Crippen LogP contribution in [0.5, 0.6) is 0 Å². The van der Waals surface area contributed by atoms with Gasteiger partial charge in [-0.2, -0.15) is 11.8 Å². The Kier molecular flexibility index (Phi) is 5.40. The van der Waals surface area contributed by atoms with E-state index < -0.39 is 0 Å². The van der Waals surface area contributed by atoms with E-state index in [1.54, 1.807) is 0 Å². The van der Waals surface area contributed by atoms with Gasteiger partial charge in [0.15, 0.2) is 0 Å². The fourth-order valence-corrected chi connectivity index (χ4v) is 5.06. The van der Waals surface area contributed by atoms with Gasteiger partial charge in [0, 0.05) is 11.8 Å². The zero-order valence-corrected chi connectivity index (χ0v) is 13.2. The van der Waals surface area contributed by atoms with E-state index in [1.165, 1.54) is 50.4 Å². The molecule has 1 atom stereocenters. The summed E-state index contributed by atoms with van der Waals surface area (Å²) in [7, 11) is 0. The van der Waals surface area contributed by atoms with Crippen LogP contribution in [0.3, 0.4) is 0 Å². The van der Waals surface area contributed by atoms with E-state index in [0.29, 0.717) is 5.41 Å². The van der Waals surface area contributed by atoms with Crippen LogP contribution in [-0.2, 0) is 0 Å². The molecular weight excluding hydrogens is 240 g/mol. The molecule has 2 fully saturated rings. The number of nitrogens with one attached hydrogen (secondary N) is 1. The van der Waals surface area contributed by atoms with Gasteiger partial charge < -0.3 is 5.32 Å². The van der Waals surface area contributed by atoms with Crippen LogP contribution >= 0.6 is 11.8 Å². The molecule has 2 aliphatic rings. The molecule has 0 amide bonds. The Balaban J connectivity index is 1.81. The first-order valence-corrected chi connectivity index (χ1v) is 8.81. The van der Waals surface area contributed by atoms with Crippen molar-refractivity contribution in [1.82, 2.24) is 10.2 Å². The molecule has 0 bridgehead atoms. The Morgan fingerprint density at radius 2 is 2.00 bits per heavy atom. The topological polar surface area (TPSA) is 15.3 Å². The molecule has 0 aromatic heterocycles. The van der Waals surface area contributed by atoms with Gasteiger partial charge in [-0.25, -0.2) is 0 Å². The lowest BCUT2D eigenvalue weighted by Crippen LogP contribution is -2.52. The van der Waals surface area contributed by atoms with E-state index in [9.17, 15) is 0 Å². The summed E-state index contributed by atoms with van der Waals surface area (Å²) in [6.45, 7) is 12.1. The fraction of sp³-hybridized carbons (Fsp3) is 1.00. The Bertz CT molecular complexity index is 247. The molecule has 1 N–H and O–H groups in total. The standard InChI is InChI=1S/C15H30N2S/c1-4-16-11-13-5-8-17(9-6-13)14-12-18-10-7-15(14,2)3/h13-14,16H,4-12H2,1-3H3. The molecule has 3 heteroatoms. The van der Waals surface area contributed by atoms with Gasteiger partial charge in [0.05, 0.1) is 0 Å². The molecule has 0 aromatic rings. The molecule has 0 spiro atoms. The van der Waals surface area contributed by atoms with Crippen molar-refractivity contribution < 1.29 is 0 Å². The molecule has 0 saturated carbocycles. The first kappa shape index (κ1) is 14.7. The van der Waals surface area contributed by atoms with Crippen molar-refractivity contribution in [3.8, 4) is 0 Å². The van der Waals surface area contributed by atoms with Gasteiger partial charge in [0.25, 0.3) is 0 Å². The summed E-state index contributed by atoms with van der Waals surface area (Å²) in [5, 5.41) is 3.51. The molecule has 0 aromatic carbocycles. The monoisotopic (exact) mass is 270 g/mol. The molecule has 0 aliphatic carbocycles. The number of hydrogen-bond acceptors (Lipinski definition) is 3. The van der Waals surface area contributed by atoms with E-state index >= 15 is 0 Å². The van der Waals surface area contributed by atoms with Gasteiger partial charge in [0.2, 0.25) is 0 Å². The number of thioether (sulfide) groups is 1. The Hall–Kier alpha value is 0.270. The summed E-state index contributed by atoms with van der Waals surface area (Å²) in [5.41, 5.74) is 0.528. The highest BCUT2D eigenvalue weighted by Crippen LogP contribution is 2.38. The van der Waals surface area contributed by atoms with Crippen LogP contribution in [0, 0.1) is 11.3 Å². The Morgan fingerprint density at radius 3 is 2.61 bits per heavy atom. The van der Waals surface area contributed by atoms with Crippen molar-refractivity contribution in [1.29, 1.82) is 0 Å². The summed E-state index contributed by atoms with van der Waals surface area (Å²) in [6.07, 6.45) is 4.17. The number of rotatable bonds is 4. The highest BCUT2D eigenvalue weighted by Gasteiger charge is 2.37. The third kappa shape index (κ3) is 3.64. The average Bonchev–Trinajstić information content (AvgIpc) is 2.37. The third-order valence-electron chi connectivity index (χ3n) is 4.84. The maximum Gasteiger partial charge on any atom is 0.0237 e. The normalized spacial score (nSPS) is 30.5. The van der Waals surface area contributed by atoms with Crippen molar-refractivity contribution in [3.63, 3.8) is 0 Å². The summed E-state index contributed by atoms with van der Waals surface area (Å²) in [5.74, 6) is 3.63. The molecule has 2 aliphatic heterocycles. The molecule has 2 saturated heterocycles. The van der Waals surface area contributed by atoms with E-state index in [0.717, 1.165) is 18.5 Å². The summed E-state index contributed by atoms with van der Waals surface area (Å²) >= 11 is 2.16. The highest BCUT2D eigenvalue weighted by molar-refractivity contribution is 7.99. The van der Waals surface area contributed by atoms with Crippen molar-refractivity contribution in [2.75, 3.05) is 37.7 Å². The second-order valence-electron chi connectivity index (χ2n) is 6.62. The fourth-order valence-electron chi connectivity index (χ4n) is 3.34. The van der Waals surface area contributed by atoms with Gasteiger partial charge in [-0.3, -0.25) is 4.90 Å². The number of hydrogen-bond donors (Lipinski definition) is 1. The first-order chi connectivity index (χ1) is 8.63. The quantitative estimate of drug-likeness (QED) is 0.846. The predicted molar refractivity (Wildman–Crippen MR) is 82.4 cm³/mol. The number of likely N-dealkylation sites (tertiary alicyclic amines) is 1. The van der Waals surface area contributed by atoms with E-state index in [1.807, 2.05) is 0 Å². The van der Waals surface area contributed by atoms with Crippen LogP contribution in [0.25, 0.3) is 0 Å². The van der Waals surface area contributed by atoms with Gasteiger partial charge in [-0.05, 0) is 62.5 Å². The number of nitrogens with zero attached hydrogens (tertiary/aromatic N) is 1. The zero-order chi connectivity index (χ0) is 13.0. The minimum Gasteiger partial charge on any atom is -0.317 e. The second kappa shape index (κ2) is 6.62. The van der Waals surface area contributed by atoms with Gasteiger partial charge >= 0.3 is 0 Å². The van der Waals surface area contributed by atoms with Crippen LogP contribution in [0.4, 0.5) is 0 Å². The lowest BCUT2D eigenvalue weighted by Gasteiger charge is -2.47. The largest absolute Gasteiger partial charge is 0.317 e. The Morgan fingerprint density at radius 1 is 1.28 bits per heavy atom. The maximum atomic E-state index is 3.51. The van der Waals surface area contributed by atoms with Crippen molar-refractivity contribution >= 4 is 11.8 Å². The molecule has 0 radical (unpaired) electrons. The van der Waals surface area contributed by atoms with Crippen LogP contribution in [0.2, 0.25) is 0 Å². The second-order valence-corrected chi connectivity index (χ2v) is 7.77. The van der Waals surface area contributed by atoms with Gasteiger partial charge in [0.1, 0.15) is 0 Å². The van der Waals surface area contributed by atoms with E-state index in [4.69, 9.17) is 0 Å². The van der Waals surface area contributed by atoms with Crippen molar-refractivity contribution in [2.45, 2.75) is 46.1 Å². The van der Waals surface area contributed by atoms with E-state index in [-0.39, 0.29) is 0 Å². The van der Waals surface area contributed by atoms with Crippen LogP contribution in [0.15, 0.2) is 0 Å². The van der Waals surface area contributed by atoms with Gasteiger partial charge in [-0.1, -0.05) is 20.8 Å². The SMILES string of the molecule is CCNCC1CCN(C2CSCCC2(C)C)CC1. The lowest BCUT2D eigenvalue weighted by atomic mass is 9.80. The molecule has 2 nitrogen and oxygen atoms in total. The van der Waals surface area contributed by atoms with Crippen molar-refractivity contribution in [3.05, 3.63) is 0 Å². The average molecular weight is 270 g/mol. The minimum atomic E-state index is 0.528. The molecule has 1 unspecified atom stereocenters. The van der Waals surface area contributed by atoms with Crippen LogP contribution in [0.1, 0.15) is 40.0 Å². The molecular formula is C15H30N2S. The number of piperidine rings is 1. The van der Waals surface area contributed by atoms with Crippen LogP contribution < -0.4 is 5.32 Å². The molecule has 2 rings (SSSR count). The third-order valence-corrected chi connectivity index (χ3v) is 5.89. The summed E-state index contributed by atoms with van der Waals surface area (Å²) in [6, 6.07) is 0.816.